The number of rotatable bonds is 4. The van der Waals surface area contributed by atoms with E-state index >= 15 is 0 Å². The van der Waals surface area contributed by atoms with E-state index in [1.165, 1.54) is 43.4 Å². The Hall–Kier alpha value is -1.69. The van der Waals surface area contributed by atoms with Crippen molar-refractivity contribution in [2.24, 2.45) is 0 Å². The summed E-state index contributed by atoms with van der Waals surface area (Å²) < 4.78 is 0. The average Bonchev–Trinajstić information content (AvgIpc) is 3.54. The van der Waals surface area contributed by atoms with E-state index in [4.69, 9.17) is 11.6 Å². The van der Waals surface area contributed by atoms with Crippen LogP contribution in [0.5, 0.6) is 0 Å². The molecule has 0 spiro atoms. The minimum Gasteiger partial charge on any atom is -0.364 e. The molecular formula is C22H28ClN5. The van der Waals surface area contributed by atoms with Gasteiger partial charge in [0, 0.05) is 47.9 Å². The van der Waals surface area contributed by atoms with Crippen LogP contribution in [0.15, 0.2) is 24.3 Å². The molecule has 5 rings (SSSR count). The molecule has 28 heavy (non-hydrogen) atoms. The molecule has 6 heteroatoms. The van der Waals surface area contributed by atoms with E-state index in [2.05, 4.69) is 44.5 Å². The van der Waals surface area contributed by atoms with Crippen LogP contribution in [-0.4, -0.2) is 58.8 Å². The van der Waals surface area contributed by atoms with Crippen molar-refractivity contribution in [2.45, 2.75) is 50.7 Å². The standard InChI is InChI=1S/C22H28ClN5/c1-27-11-2-3-17(13-27)24-22-20-14-28(18-8-9-18)12-10-19(20)21(25-26-22)15-4-6-16(23)7-5-15/h4-7,17-18H,2-3,8-14H2,1H3,(H,24,26). The highest BCUT2D eigenvalue weighted by atomic mass is 35.5. The number of nitrogens with one attached hydrogen (secondary N) is 1. The number of fused-ring (bicyclic) bond motifs is 1. The van der Waals surface area contributed by atoms with E-state index in [-0.39, 0.29) is 0 Å². The molecule has 2 fully saturated rings. The lowest BCUT2D eigenvalue weighted by Gasteiger charge is -2.34. The molecule has 5 nitrogen and oxygen atoms in total. The molecule has 0 radical (unpaired) electrons. The molecule has 1 aliphatic carbocycles. The molecule has 148 valence electrons. The molecule has 1 saturated heterocycles. The minimum absolute atomic E-state index is 0.454. The molecule has 1 aromatic heterocycles. The van der Waals surface area contributed by atoms with Gasteiger partial charge in [0.05, 0.1) is 5.69 Å². The van der Waals surface area contributed by atoms with E-state index in [0.29, 0.717) is 6.04 Å². The van der Waals surface area contributed by atoms with Gasteiger partial charge in [-0.1, -0.05) is 23.7 Å². The zero-order chi connectivity index (χ0) is 19.1. The summed E-state index contributed by atoms with van der Waals surface area (Å²) in [6.45, 7) is 4.37. The molecule has 1 aromatic carbocycles. The molecule has 0 bridgehead atoms. The Morgan fingerprint density at radius 2 is 1.86 bits per heavy atom. The number of likely N-dealkylation sites (tertiary alicyclic amines) is 1. The van der Waals surface area contributed by atoms with Crippen molar-refractivity contribution >= 4 is 17.4 Å². The summed E-state index contributed by atoms with van der Waals surface area (Å²) in [6.07, 6.45) is 6.16. The fraction of sp³-hybridized carbons (Fsp3) is 0.545. The highest BCUT2D eigenvalue weighted by Gasteiger charge is 2.34. The van der Waals surface area contributed by atoms with Crippen molar-refractivity contribution in [1.82, 2.24) is 20.0 Å². The Kier molecular flexibility index (Phi) is 4.99. The Labute approximate surface area is 172 Å². The summed E-state index contributed by atoms with van der Waals surface area (Å²) in [5, 5.41) is 13.9. The van der Waals surface area contributed by atoms with E-state index < -0.39 is 0 Å². The molecular weight excluding hydrogens is 370 g/mol. The lowest BCUT2D eigenvalue weighted by molar-refractivity contribution is 0.242. The van der Waals surface area contributed by atoms with Crippen LogP contribution in [0.4, 0.5) is 5.82 Å². The molecule has 3 heterocycles. The number of likely N-dealkylation sites (N-methyl/N-ethyl adjacent to an activating group) is 1. The third-order valence-electron chi connectivity index (χ3n) is 6.34. The molecule has 1 atom stereocenters. The van der Waals surface area contributed by atoms with Gasteiger partial charge in [0.2, 0.25) is 0 Å². The van der Waals surface area contributed by atoms with Crippen molar-refractivity contribution in [3.8, 4) is 11.3 Å². The SMILES string of the molecule is CN1CCCC(Nc2nnc(-c3ccc(Cl)cc3)c3c2CN(C2CC2)CC3)C1. The van der Waals surface area contributed by atoms with Crippen LogP contribution in [0.3, 0.4) is 0 Å². The summed E-state index contributed by atoms with van der Waals surface area (Å²) in [5.41, 5.74) is 4.85. The number of aromatic nitrogens is 2. The zero-order valence-electron chi connectivity index (χ0n) is 16.5. The minimum atomic E-state index is 0.454. The zero-order valence-corrected chi connectivity index (χ0v) is 17.3. The molecule has 0 amide bonds. The Morgan fingerprint density at radius 3 is 2.61 bits per heavy atom. The van der Waals surface area contributed by atoms with Gasteiger partial charge < -0.3 is 10.2 Å². The van der Waals surface area contributed by atoms with Gasteiger partial charge in [-0.15, -0.1) is 10.2 Å². The summed E-state index contributed by atoms with van der Waals surface area (Å²) in [5.74, 6) is 0.998. The second kappa shape index (κ2) is 7.62. The summed E-state index contributed by atoms with van der Waals surface area (Å²) >= 11 is 6.09. The second-order valence-corrected chi connectivity index (χ2v) is 9.00. The predicted molar refractivity (Wildman–Crippen MR) is 114 cm³/mol. The lowest BCUT2D eigenvalue weighted by atomic mass is 9.95. The number of hydrogen-bond donors (Lipinski definition) is 1. The third kappa shape index (κ3) is 3.76. The van der Waals surface area contributed by atoms with Crippen LogP contribution in [0.2, 0.25) is 5.02 Å². The maximum atomic E-state index is 6.09. The Morgan fingerprint density at radius 1 is 1.04 bits per heavy atom. The fourth-order valence-electron chi connectivity index (χ4n) is 4.67. The van der Waals surface area contributed by atoms with Crippen molar-refractivity contribution in [3.63, 3.8) is 0 Å². The topological polar surface area (TPSA) is 44.3 Å². The highest BCUT2D eigenvalue weighted by Crippen LogP contribution is 2.37. The van der Waals surface area contributed by atoms with Crippen LogP contribution in [0.25, 0.3) is 11.3 Å². The summed E-state index contributed by atoms with van der Waals surface area (Å²) in [6, 6.07) is 9.22. The number of nitrogens with zero attached hydrogens (tertiary/aromatic N) is 4. The maximum Gasteiger partial charge on any atom is 0.153 e. The van der Waals surface area contributed by atoms with Crippen molar-refractivity contribution in [3.05, 3.63) is 40.4 Å². The van der Waals surface area contributed by atoms with Gasteiger partial charge in [0.15, 0.2) is 5.82 Å². The first-order chi connectivity index (χ1) is 13.7. The maximum absolute atomic E-state index is 6.09. The van der Waals surface area contributed by atoms with Crippen molar-refractivity contribution < 1.29 is 0 Å². The average molecular weight is 398 g/mol. The number of anilines is 1. The number of benzene rings is 1. The molecule has 2 aliphatic heterocycles. The van der Waals surface area contributed by atoms with Crippen molar-refractivity contribution in [2.75, 3.05) is 32.0 Å². The van der Waals surface area contributed by atoms with Gasteiger partial charge in [-0.25, -0.2) is 0 Å². The second-order valence-electron chi connectivity index (χ2n) is 8.56. The van der Waals surface area contributed by atoms with Crippen LogP contribution < -0.4 is 5.32 Å². The summed E-state index contributed by atoms with van der Waals surface area (Å²) in [4.78, 5) is 5.04. The summed E-state index contributed by atoms with van der Waals surface area (Å²) in [7, 11) is 2.20. The first-order valence-corrected chi connectivity index (χ1v) is 10.9. The third-order valence-corrected chi connectivity index (χ3v) is 6.59. The highest BCUT2D eigenvalue weighted by molar-refractivity contribution is 6.30. The largest absolute Gasteiger partial charge is 0.364 e. The Balaban J connectivity index is 1.49. The van der Waals surface area contributed by atoms with Gasteiger partial charge in [-0.2, -0.15) is 0 Å². The number of halogens is 1. The van der Waals surface area contributed by atoms with E-state index in [1.807, 2.05) is 12.1 Å². The van der Waals surface area contributed by atoms with E-state index in [0.717, 1.165) is 54.2 Å². The molecule has 1 N–H and O–H groups in total. The Bertz CT molecular complexity index is 849. The van der Waals surface area contributed by atoms with E-state index in [1.54, 1.807) is 0 Å². The van der Waals surface area contributed by atoms with Crippen LogP contribution in [-0.2, 0) is 13.0 Å². The fourth-order valence-corrected chi connectivity index (χ4v) is 4.79. The first-order valence-electron chi connectivity index (χ1n) is 10.5. The van der Waals surface area contributed by atoms with Gasteiger partial charge >= 0.3 is 0 Å². The normalized spacial score (nSPS) is 23.4. The predicted octanol–water partition coefficient (Wildman–Crippen LogP) is 3.82. The van der Waals surface area contributed by atoms with Gasteiger partial charge in [0.1, 0.15) is 0 Å². The molecule has 1 saturated carbocycles. The van der Waals surface area contributed by atoms with Crippen molar-refractivity contribution in [1.29, 1.82) is 0 Å². The van der Waals surface area contributed by atoms with Crippen LogP contribution >= 0.6 is 11.6 Å². The molecule has 1 unspecified atom stereocenters. The quantitative estimate of drug-likeness (QED) is 0.849. The van der Waals surface area contributed by atoms with Crippen LogP contribution in [0.1, 0.15) is 36.8 Å². The number of piperidine rings is 1. The van der Waals surface area contributed by atoms with Gasteiger partial charge in [0.25, 0.3) is 0 Å². The van der Waals surface area contributed by atoms with Crippen LogP contribution in [0, 0.1) is 0 Å². The smallest absolute Gasteiger partial charge is 0.153 e. The molecule has 2 aromatic rings. The number of hydrogen-bond acceptors (Lipinski definition) is 5. The van der Waals surface area contributed by atoms with E-state index in [9.17, 15) is 0 Å². The van der Waals surface area contributed by atoms with Gasteiger partial charge in [-0.05, 0) is 63.4 Å². The van der Waals surface area contributed by atoms with Gasteiger partial charge in [-0.3, -0.25) is 4.90 Å². The lowest BCUT2D eigenvalue weighted by Crippen LogP contribution is -2.41. The monoisotopic (exact) mass is 397 g/mol. The first kappa shape index (κ1) is 18.3. The molecule has 3 aliphatic rings.